The number of aromatic nitrogens is 8. The van der Waals surface area contributed by atoms with E-state index in [2.05, 4.69) is 30.4 Å². The van der Waals surface area contributed by atoms with Gasteiger partial charge in [-0.3, -0.25) is 38.4 Å². The second-order valence-corrected chi connectivity index (χ2v) is 44.6. The molecule has 16 aromatic rings. The van der Waals surface area contributed by atoms with E-state index in [1.807, 2.05) is 229 Å². The van der Waals surface area contributed by atoms with E-state index in [4.69, 9.17) is 38.0 Å². The van der Waals surface area contributed by atoms with Crippen LogP contribution >= 0.6 is 56.9 Å². The number of carbonyl (C=O) groups is 8. The zero-order valence-corrected chi connectivity index (χ0v) is 87.3. The van der Waals surface area contributed by atoms with Crippen LogP contribution in [-0.4, -0.2) is 90.8 Å². The van der Waals surface area contributed by atoms with Crippen molar-refractivity contribution in [2.45, 2.75) is 240 Å². The van der Waals surface area contributed by atoms with Gasteiger partial charge in [0.2, 0.25) is 0 Å². The molecule has 4 saturated carbocycles. The third-order valence-electron chi connectivity index (χ3n) is 28.8. The van der Waals surface area contributed by atoms with Gasteiger partial charge in [0.25, 0.3) is 0 Å². The minimum atomic E-state index is -4.86. The molecular formula is C120H117ClF3N9O9S4. The highest BCUT2D eigenvalue weighted by Crippen LogP contribution is 2.48. The Morgan fingerprint density at radius 1 is 0.370 bits per heavy atom. The number of aryl methyl sites for hydroxylation is 4. The minimum absolute atomic E-state index is 0.0335. The monoisotopic (exact) mass is 2050 g/mol. The van der Waals surface area contributed by atoms with Crippen molar-refractivity contribution in [3.8, 4) is 69.7 Å². The highest BCUT2D eigenvalue weighted by molar-refractivity contribution is 7.15. The average Bonchev–Trinajstić information content (AvgIpc) is 1.62. The quantitative estimate of drug-likeness (QED) is 0.0313. The summed E-state index contributed by atoms with van der Waals surface area (Å²) in [6, 6.07) is 70.6. The van der Waals surface area contributed by atoms with Crippen LogP contribution in [0.1, 0.15) is 317 Å². The van der Waals surface area contributed by atoms with Gasteiger partial charge in [-0.05, 0) is 310 Å². The molecule has 8 aromatic heterocycles. The van der Waals surface area contributed by atoms with Gasteiger partial charge in [-0.1, -0.05) is 107 Å². The maximum absolute atomic E-state index is 13.3. The predicted octanol–water partition coefficient (Wildman–Crippen LogP) is 32.1. The lowest BCUT2D eigenvalue weighted by atomic mass is 9.82. The van der Waals surface area contributed by atoms with Gasteiger partial charge in [-0.2, -0.15) is 5.26 Å². The van der Waals surface area contributed by atoms with Crippen molar-refractivity contribution in [1.82, 2.24) is 38.2 Å². The van der Waals surface area contributed by atoms with Gasteiger partial charge in [-0.15, -0.1) is 64.9 Å². The Morgan fingerprint density at radius 3 is 0.986 bits per heavy atom. The summed E-state index contributed by atoms with van der Waals surface area (Å²) in [4.78, 5) is 129. The Hall–Kier alpha value is -13.3. The molecule has 0 amide bonds. The molecule has 20 rings (SSSR count). The topological polar surface area (TPSA) is 241 Å². The van der Waals surface area contributed by atoms with E-state index in [1.165, 1.54) is 33.2 Å². The Balaban J connectivity index is 0.000000133. The molecule has 0 spiro atoms. The maximum atomic E-state index is 13.3. The molecule has 0 unspecified atom stereocenters. The predicted molar refractivity (Wildman–Crippen MR) is 579 cm³/mol. The molecule has 0 radical (unpaired) electrons. The Morgan fingerprint density at radius 2 is 0.678 bits per heavy atom. The zero-order chi connectivity index (χ0) is 103. The number of benzene rings is 8. The van der Waals surface area contributed by atoms with Crippen molar-refractivity contribution < 1.29 is 56.3 Å². The summed E-state index contributed by atoms with van der Waals surface area (Å²) >= 11 is 12.4. The number of rotatable bonds is 29. The van der Waals surface area contributed by atoms with Gasteiger partial charge in [-0.25, -0.2) is 19.9 Å². The molecule has 0 saturated heterocycles. The second kappa shape index (κ2) is 46.6. The molecule has 0 aliphatic heterocycles. The highest BCUT2D eigenvalue weighted by Gasteiger charge is 2.38. The third-order valence-corrected chi connectivity index (χ3v) is 33.2. The molecule has 0 N–H and O–H groups in total. The minimum Gasteiger partial charge on any atom is -0.405 e. The molecule has 4 aliphatic carbocycles. The van der Waals surface area contributed by atoms with Crippen molar-refractivity contribution in [3.63, 3.8) is 0 Å². The number of hydrogen-bond donors (Lipinski definition) is 0. The lowest BCUT2D eigenvalue weighted by Crippen LogP contribution is -2.22. The fourth-order valence-corrected chi connectivity index (χ4v) is 25.0. The van der Waals surface area contributed by atoms with Gasteiger partial charge in [0.1, 0.15) is 29.0 Å². The van der Waals surface area contributed by atoms with Crippen LogP contribution in [0.3, 0.4) is 0 Å². The molecule has 748 valence electrons. The number of nitriles is 1. The number of imidazole rings is 4. The Labute approximate surface area is 869 Å². The summed E-state index contributed by atoms with van der Waals surface area (Å²) in [6.07, 6.45) is 20.3. The van der Waals surface area contributed by atoms with Crippen molar-refractivity contribution in [1.29, 1.82) is 5.26 Å². The van der Waals surface area contributed by atoms with Crippen LogP contribution in [0.2, 0.25) is 5.02 Å². The molecule has 8 heterocycles. The van der Waals surface area contributed by atoms with Crippen LogP contribution in [0.4, 0.5) is 13.2 Å². The molecule has 8 aromatic carbocycles. The number of thiophene rings is 4. The fourth-order valence-electron chi connectivity index (χ4n) is 21.6. The molecule has 0 bridgehead atoms. The Bertz CT molecular complexity index is 7450. The van der Waals surface area contributed by atoms with Gasteiger partial charge in [0.05, 0.1) is 80.8 Å². The summed E-state index contributed by atoms with van der Waals surface area (Å²) in [5.74, 6) is 7.64. The van der Waals surface area contributed by atoms with Gasteiger partial charge in [0, 0.05) is 145 Å². The number of para-hydroxylation sites is 1. The standard InChI is InChI=1S/C31H30N2O2S.C30H29F3N2O3S.C30H29N3O2S.C29H29ClN2O2S/c1-4-21-8-6-10-24(16-21)31-32-26-19-23(28(34)5-2)13-14-27(26)33(31)25-11-7-9-22(17-25)18-29(35)30-15-12-20(3)36-30;1-3-25(36)20-12-13-24-23(17-20)34-29(22-9-4-5-10-27(22)38-30(31,32)33)35(24)21-8-6-7-19(15-21)16-26(37)28-14-11-18(2)39-28;1-3-27(34)22-11-12-26-25(17-22)32-30(23-8-4-7-21(14-23)18-31)33(26)24-9-5-6-20(15-24)16-28(35)29-13-10-19(2)36-29;1-3-26(33)21-10-13-25-24(17-21)31-29(20-8-11-22(30)12-9-20)32(25)23-6-4-5-19(15-23)16-27(34)28-14-7-18(2)35-28/h1,6,8,10,12-16,19,22,25H,5,7,9,11,17-18H2,2-3H3;4-5,9-14,17,19,21H,3,6-8,15-16H2,1-2H3;4,7-8,10-14,17,20,24H,3,5-6,9,15-16H2,1-2H3;7-14,17,19,23H,3-6,15-16H2,1-2H3/t22-,25+;19-,21+;20-,24+;19-,23+/m1111/s1. The highest BCUT2D eigenvalue weighted by atomic mass is 35.5. The van der Waals surface area contributed by atoms with E-state index >= 15 is 0 Å². The van der Waals surface area contributed by atoms with Crippen LogP contribution in [0.5, 0.6) is 5.75 Å². The summed E-state index contributed by atoms with van der Waals surface area (Å²) in [7, 11) is 0. The first-order chi connectivity index (χ1) is 70.5. The zero-order valence-electron chi connectivity index (χ0n) is 83.3. The maximum Gasteiger partial charge on any atom is 0.573 e. The number of ketones is 8. The molecule has 146 heavy (non-hydrogen) atoms. The first-order valence-corrected chi connectivity index (χ1v) is 54.4. The van der Waals surface area contributed by atoms with E-state index < -0.39 is 6.36 Å². The van der Waals surface area contributed by atoms with Crippen LogP contribution in [0.15, 0.2) is 218 Å². The molecule has 4 aliphatic rings. The fraction of sp³-hybridized carbons (Fsp3) is 0.342. The number of fused-ring (bicyclic) bond motifs is 4. The number of carbonyl (C=O) groups excluding carboxylic acids is 8. The first-order valence-electron chi connectivity index (χ1n) is 50.8. The molecule has 18 nitrogen and oxygen atoms in total. The van der Waals surface area contributed by atoms with Crippen LogP contribution in [0, 0.1) is 75.0 Å². The number of nitrogens with zero attached hydrogens (tertiary/aromatic N) is 9. The van der Waals surface area contributed by atoms with Crippen LogP contribution < -0.4 is 4.74 Å². The smallest absolute Gasteiger partial charge is 0.405 e. The van der Waals surface area contributed by atoms with Crippen molar-refractivity contribution in [2.24, 2.45) is 23.7 Å². The summed E-state index contributed by atoms with van der Waals surface area (Å²) < 4.78 is 53.1. The summed E-state index contributed by atoms with van der Waals surface area (Å²) in [6.45, 7) is 15.5. The second-order valence-electron chi connectivity index (χ2n) is 39.0. The largest absolute Gasteiger partial charge is 0.573 e. The number of ether oxygens (including phenoxy) is 1. The van der Waals surface area contributed by atoms with E-state index in [9.17, 15) is 56.8 Å². The average molecular weight is 2050 g/mol. The van der Waals surface area contributed by atoms with E-state index in [0.717, 1.165) is 204 Å². The number of terminal acetylenes is 1. The molecular weight excluding hydrogens is 1930 g/mol. The molecule has 4 fully saturated rings. The molecule has 26 heteroatoms. The van der Waals surface area contributed by atoms with Crippen molar-refractivity contribution in [2.75, 3.05) is 0 Å². The lowest BCUT2D eigenvalue weighted by Gasteiger charge is -2.31. The van der Waals surface area contributed by atoms with E-state index in [0.29, 0.717) is 120 Å². The van der Waals surface area contributed by atoms with Crippen LogP contribution in [-0.2, 0) is 0 Å². The number of alkyl halides is 3. The van der Waals surface area contributed by atoms with Crippen molar-refractivity contribution >= 4 is 147 Å². The van der Waals surface area contributed by atoms with Gasteiger partial charge in [0.15, 0.2) is 46.3 Å². The summed E-state index contributed by atoms with van der Waals surface area (Å²) in [5.41, 5.74) is 13.8. The van der Waals surface area contributed by atoms with Gasteiger partial charge < -0.3 is 23.0 Å². The van der Waals surface area contributed by atoms with E-state index in [1.54, 1.807) is 71.3 Å². The normalized spacial score (nSPS) is 17.8. The summed E-state index contributed by atoms with van der Waals surface area (Å²) in [5, 5.41) is 10.1. The van der Waals surface area contributed by atoms with Gasteiger partial charge >= 0.3 is 6.36 Å². The van der Waals surface area contributed by atoms with Crippen LogP contribution in [0.25, 0.3) is 89.7 Å². The molecule has 8 atom stereocenters. The first kappa shape index (κ1) is 104. The Kier molecular flexibility index (Phi) is 33.3. The van der Waals surface area contributed by atoms with Crippen molar-refractivity contribution in [3.05, 3.63) is 296 Å². The number of Topliss-reactive ketones (excluding diaryl/α,β-unsaturated/α-hetero) is 8. The number of hydrogen-bond acceptors (Lipinski definition) is 18. The number of halogens is 4. The third kappa shape index (κ3) is 24.3. The van der Waals surface area contributed by atoms with E-state index in [-0.39, 0.29) is 87.7 Å². The SMILES string of the molecule is C#Cc1cccc(-c2nc3cc(C(=O)CC)ccc3n2[C@H]2CCC[C@@H](CC(=O)c3ccc(C)s3)C2)c1.CCC(=O)c1ccc2c(c1)nc(-c1ccc(Cl)cc1)n2[C@H]1CCC[C@@H](CC(=O)c2ccc(C)s2)C1.CCC(=O)c1ccc2c(c1)nc(-c1cccc(C#N)c1)n2[C@H]1CCC[C@@H](CC(=O)c2ccc(C)s2)C1.CCC(=O)c1ccc2c(c1)nc(-c1ccccc1OC(F)(F)F)n2[C@H]1CCC[C@@H](CC(=O)c2ccc(C)s2)C1. The lowest BCUT2D eigenvalue weighted by molar-refractivity contribution is -0.274.